The quantitative estimate of drug-likeness (QED) is 0.525. The molecule has 0 saturated heterocycles. The van der Waals surface area contributed by atoms with E-state index >= 15 is 0 Å². The minimum absolute atomic E-state index is 0.202. The third-order valence-corrected chi connectivity index (χ3v) is 5.02. The lowest BCUT2D eigenvalue weighted by Crippen LogP contribution is -2.43. The van der Waals surface area contributed by atoms with Gasteiger partial charge in [-0.2, -0.15) is 0 Å². The minimum atomic E-state index is -1.46. The topological polar surface area (TPSA) is 64.6 Å². The van der Waals surface area contributed by atoms with Crippen molar-refractivity contribution in [2.75, 3.05) is 13.2 Å². The number of amides is 1. The summed E-state index contributed by atoms with van der Waals surface area (Å²) in [4.78, 5) is 25.8. The molecule has 3 rings (SSSR count). The van der Waals surface area contributed by atoms with Gasteiger partial charge in [-0.1, -0.05) is 91.0 Å². The Morgan fingerprint density at radius 2 is 1.32 bits per heavy atom. The van der Waals surface area contributed by atoms with Gasteiger partial charge in [0.1, 0.15) is 0 Å². The second-order valence-corrected chi connectivity index (χ2v) is 7.12. The summed E-state index contributed by atoms with van der Waals surface area (Å²) in [6.07, 6.45) is 0. The number of benzene rings is 3. The molecule has 0 aromatic heterocycles. The number of hydrogen-bond acceptors (Lipinski definition) is 4. The van der Waals surface area contributed by atoms with Crippen molar-refractivity contribution >= 4 is 11.9 Å². The Labute approximate surface area is 183 Å². The molecule has 0 unspecified atom stereocenters. The number of nitrogens with one attached hydrogen (secondary N) is 1. The second kappa shape index (κ2) is 10.5. The maximum atomic E-state index is 13.4. The van der Waals surface area contributed by atoms with E-state index in [0.29, 0.717) is 11.1 Å². The normalized spacial score (nSPS) is 12.1. The van der Waals surface area contributed by atoms with Crippen molar-refractivity contribution in [2.45, 2.75) is 25.5 Å². The Morgan fingerprint density at radius 3 is 1.81 bits per heavy atom. The first-order valence-corrected chi connectivity index (χ1v) is 10.3. The lowest BCUT2D eigenvalue weighted by Gasteiger charge is -2.32. The van der Waals surface area contributed by atoms with Crippen molar-refractivity contribution in [3.8, 4) is 0 Å². The number of carbonyl (C=O) groups is 2. The molecule has 1 N–H and O–H groups in total. The third-order valence-electron chi connectivity index (χ3n) is 5.02. The fourth-order valence-corrected chi connectivity index (χ4v) is 3.53. The molecule has 0 aliphatic carbocycles. The van der Waals surface area contributed by atoms with Gasteiger partial charge in [-0.15, -0.1) is 0 Å². The molecular weight excluding hydrogens is 390 g/mol. The van der Waals surface area contributed by atoms with E-state index in [9.17, 15) is 9.59 Å². The van der Waals surface area contributed by atoms with Crippen LogP contribution in [0.5, 0.6) is 0 Å². The van der Waals surface area contributed by atoms with Gasteiger partial charge in [0.25, 0.3) is 5.91 Å². The van der Waals surface area contributed by atoms with Crippen LogP contribution < -0.4 is 5.32 Å². The smallest absolute Gasteiger partial charge is 0.348 e. The van der Waals surface area contributed by atoms with E-state index in [-0.39, 0.29) is 18.6 Å². The van der Waals surface area contributed by atoms with Crippen LogP contribution in [0.15, 0.2) is 91.0 Å². The van der Waals surface area contributed by atoms with Crippen LogP contribution in [0.4, 0.5) is 0 Å². The summed E-state index contributed by atoms with van der Waals surface area (Å²) in [7, 11) is 0. The Hall–Kier alpha value is -3.44. The van der Waals surface area contributed by atoms with Crippen LogP contribution in [0.25, 0.3) is 0 Å². The summed E-state index contributed by atoms with van der Waals surface area (Å²) in [5, 5.41) is 2.86. The highest BCUT2D eigenvalue weighted by Gasteiger charge is 2.45. The first-order chi connectivity index (χ1) is 15.1. The highest BCUT2D eigenvalue weighted by Crippen LogP contribution is 2.35. The molecule has 0 spiro atoms. The average molecular weight is 418 g/mol. The van der Waals surface area contributed by atoms with Gasteiger partial charge >= 0.3 is 5.97 Å². The zero-order valence-electron chi connectivity index (χ0n) is 17.8. The first kappa shape index (κ1) is 22.2. The van der Waals surface area contributed by atoms with E-state index < -0.39 is 18.2 Å². The molecule has 0 fully saturated rings. The van der Waals surface area contributed by atoms with Crippen LogP contribution in [0.1, 0.15) is 36.6 Å². The van der Waals surface area contributed by atoms with Gasteiger partial charge in [-0.25, -0.2) is 4.79 Å². The zero-order chi connectivity index (χ0) is 22.1. The van der Waals surface area contributed by atoms with Crippen LogP contribution in [-0.2, 0) is 24.7 Å². The molecule has 3 aromatic rings. The van der Waals surface area contributed by atoms with E-state index in [0.717, 1.165) is 5.56 Å². The molecule has 0 aliphatic rings. The van der Waals surface area contributed by atoms with Crippen molar-refractivity contribution in [1.29, 1.82) is 0 Å². The van der Waals surface area contributed by atoms with Crippen molar-refractivity contribution in [3.63, 3.8) is 0 Å². The summed E-state index contributed by atoms with van der Waals surface area (Å²) >= 11 is 0. The Morgan fingerprint density at radius 1 is 0.839 bits per heavy atom. The fourth-order valence-electron chi connectivity index (χ4n) is 3.53. The standard InChI is InChI=1S/C26H27NO4/c1-3-31-26(22-15-9-5-10-16-22,23-17-11-6-12-18-23)25(29)30-19-24(28)27-20(2)21-13-7-4-8-14-21/h4-18,20H,3,19H2,1-2H3,(H,27,28)/t20-/m0/s1. The maximum Gasteiger partial charge on any atom is 0.348 e. The molecule has 0 bridgehead atoms. The van der Waals surface area contributed by atoms with Crippen molar-refractivity contribution in [3.05, 3.63) is 108 Å². The van der Waals surface area contributed by atoms with E-state index in [1.807, 2.05) is 105 Å². The molecule has 0 radical (unpaired) electrons. The van der Waals surface area contributed by atoms with Gasteiger partial charge in [0.15, 0.2) is 6.61 Å². The summed E-state index contributed by atoms with van der Waals surface area (Å²) < 4.78 is 11.5. The molecule has 31 heavy (non-hydrogen) atoms. The number of hydrogen-bond donors (Lipinski definition) is 1. The summed E-state index contributed by atoms with van der Waals surface area (Å²) in [5.74, 6) is -1.01. The lowest BCUT2D eigenvalue weighted by molar-refractivity contribution is -0.170. The molecule has 5 heteroatoms. The van der Waals surface area contributed by atoms with Crippen LogP contribution in [0, 0.1) is 0 Å². The molecule has 5 nitrogen and oxygen atoms in total. The number of esters is 1. The summed E-state index contributed by atoms with van der Waals surface area (Å²) in [6.45, 7) is 3.59. The SMILES string of the molecule is CCOC(C(=O)OCC(=O)N[C@@H](C)c1ccccc1)(c1ccccc1)c1ccccc1. The van der Waals surface area contributed by atoms with Gasteiger partial charge in [0.05, 0.1) is 6.04 Å². The Bertz CT molecular complexity index is 935. The van der Waals surface area contributed by atoms with Crippen molar-refractivity contribution in [2.24, 2.45) is 0 Å². The van der Waals surface area contributed by atoms with Gasteiger partial charge in [-0.3, -0.25) is 4.79 Å². The first-order valence-electron chi connectivity index (χ1n) is 10.3. The fraction of sp³-hybridized carbons (Fsp3) is 0.231. The minimum Gasteiger partial charge on any atom is -0.453 e. The predicted molar refractivity (Wildman–Crippen MR) is 119 cm³/mol. The predicted octanol–water partition coefficient (Wildman–Crippen LogP) is 4.39. The summed E-state index contributed by atoms with van der Waals surface area (Å²) in [5.41, 5.74) is 0.805. The van der Waals surface area contributed by atoms with Gasteiger partial charge in [0, 0.05) is 6.61 Å². The van der Waals surface area contributed by atoms with Crippen LogP contribution in [0.3, 0.4) is 0 Å². The lowest BCUT2D eigenvalue weighted by atomic mass is 9.86. The van der Waals surface area contributed by atoms with E-state index in [2.05, 4.69) is 5.32 Å². The highest BCUT2D eigenvalue weighted by molar-refractivity contribution is 5.88. The van der Waals surface area contributed by atoms with Gasteiger partial charge < -0.3 is 14.8 Å². The maximum absolute atomic E-state index is 13.4. The van der Waals surface area contributed by atoms with Crippen molar-refractivity contribution in [1.82, 2.24) is 5.32 Å². The Kier molecular flexibility index (Phi) is 7.57. The molecule has 160 valence electrons. The Balaban J connectivity index is 1.80. The largest absolute Gasteiger partial charge is 0.453 e. The van der Waals surface area contributed by atoms with Crippen LogP contribution in [-0.4, -0.2) is 25.1 Å². The van der Waals surface area contributed by atoms with Crippen LogP contribution >= 0.6 is 0 Å². The van der Waals surface area contributed by atoms with Gasteiger partial charge in [-0.05, 0) is 30.5 Å². The molecule has 0 aliphatic heterocycles. The molecular formula is C26H27NO4. The molecule has 0 heterocycles. The number of carbonyl (C=O) groups excluding carboxylic acids is 2. The molecule has 3 aromatic carbocycles. The number of rotatable bonds is 9. The second-order valence-electron chi connectivity index (χ2n) is 7.12. The third kappa shape index (κ3) is 5.19. The van der Waals surface area contributed by atoms with Crippen molar-refractivity contribution < 1.29 is 19.1 Å². The van der Waals surface area contributed by atoms with E-state index in [1.54, 1.807) is 0 Å². The van der Waals surface area contributed by atoms with E-state index in [1.165, 1.54) is 0 Å². The van der Waals surface area contributed by atoms with Gasteiger partial charge in [0.2, 0.25) is 5.60 Å². The van der Waals surface area contributed by atoms with E-state index in [4.69, 9.17) is 9.47 Å². The zero-order valence-corrected chi connectivity index (χ0v) is 17.8. The van der Waals surface area contributed by atoms with Crippen LogP contribution in [0.2, 0.25) is 0 Å². The highest BCUT2D eigenvalue weighted by atomic mass is 16.6. The average Bonchev–Trinajstić information content (AvgIpc) is 2.82. The molecule has 1 atom stereocenters. The monoisotopic (exact) mass is 417 g/mol. The molecule has 0 saturated carbocycles. The number of ether oxygens (including phenoxy) is 2. The summed E-state index contributed by atoms with van der Waals surface area (Å²) in [6, 6.07) is 27.8. The molecule has 1 amide bonds.